The number of amides is 2. The van der Waals surface area contributed by atoms with Gasteiger partial charge < -0.3 is 14.7 Å². The van der Waals surface area contributed by atoms with Crippen molar-refractivity contribution in [2.45, 2.75) is 31.8 Å². The molecule has 2 aliphatic rings. The molecule has 0 bridgehead atoms. The molecular formula is C20H19N5O3. The second-order valence-electron chi connectivity index (χ2n) is 7.17. The van der Waals surface area contributed by atoms with Crippen LogP contribution < -0.4 is 5.32 Å². The molecule has 1 N–H and O–H groups in total. The first kappa shape index (κ1) is 16.7. The summed E-state index contributed by atoms with van der Waals surface area (Å²) in [7, 11) is 0. The van der Waals surface area contributed by atoms with Crippen LogP contribution in [0.2, 0.25) is 0 Å². The molecule has 0 unspecified atom stereocenters. The first-order chi connectivity index (χ1) is 13.7. The maximum Gasteiger partial charge on any atom is 0.276 e. The van der Waals surface area contributed by atoms with Gasteiger partial charge in [0.15, 0.2) is 11.5 Å². The Morgan fingerprint density at radius 2 is 1.96 bits per heavy atom. The third-order valence-corrected chi connectivity index (χ3v) is 5.13. The van der Waals surface area contributed by atoms with E-state index >= 15 is 0 Å². The van der Waals surface area contributed by atoms with Crippen LogP contribution in [0.3, 0.4) is 0 Å². The molecule has 28 heavy (non-hydrogen) atoms. The average Bonchev–Trinajstić information content (AvgIpc) is 3.28. The van der Waals surface area contributed by atoms with Gasteiger partial charge in [-0.25, -0.2) is 0 Å². The Morgan fingerprint density at radius 1 is 1.14 bits per heavy atom. The van der Waals surface area contributed by atoms with Gasteiger partial charge in [-0.2, -0.15) is 5.10 Å². The molecule has 1 aliphatic carbocycles. The Hall–Kier alpha value is -3.42. The Balaban J connectivity index is 1.31. The zero-order valence-electron chi connectivity index (χ0n) is 15.2. The normalized spacial score (nSPS) is 15.9. The van der Waals surface area contributed by atoms with Crippen molar-refractivity contribution in [3.8, 4) is 0 Å². The van der Waals surface area contributed by atoms with E-state index in [0.717, 1.165) is 24.2 Å². The minimum Gasteiger partial charge on any atom is -0.360 e. The highest BCUT2D eigenvalue weighted by atomic mass is 16.5. The van der Waals surface area contributed by atoms with Gasteiger partial charge in [0.1, 0.15) is 5.56 Å². The molecule has 8 heteroatoms. The number of nitrogens with zero attached hydrogens (tertiary/aromatic N) is 4. The summed E-state index contributed by atoms with van der Waals surface area (Å²) in [6, 6.07) is 11.0. The van der Waals surface area contributed by atoms with Crippen LogP contribution in [0.1, 0.15) is 51.1 Å². The van der Waals surface area contributed by atoms with Crippen LogP contribution in [0.4, 0.5) is 5.69 Å². The molecule has 142 valence electrons. The lowest BCUT2D eigenvalue weighted by Gasteiger charge is -2.27. The number of hydrogen-bond acceptors (Lipinski definition) is 5. The number of carbonyl (C=O) groups is 2. The lowest BCUT2D eigenvalue weighted by atomic mass is 10.1. The molecule has 5 rings (SSSR count). The van der Waals surface area contributed by atoms with Crippen molar-refractivity contribution in [3.05, 3.63) is 65.3 Å². The van der Waals surface area contributed by atoms with Gasteiger partial charge in [-0.1, -0.05) is 23.4 Å². The van der Waals surface area contributed by atoms with E-state index in [1.54, 1.807) is 15.6 Å². The molecule has 1 aliphatic heterocycles. The SMILES string of the molecule is O=C(Nc1ccccc1)c1cc2n(n1)CCN(C(=O)c1cnoc1C1CC1)C2. The highest BCUT2D eigenvalue weighted by molar-refractivity contribution is 6.03. The van der Waals surface area contributed by atoms with Gasteiger partial charge in [0.25, 0.3) is 11.8 Å². The molecule has 0 spiro atoms. The summed E-state index contributed by atoms with van der Waals surface area (Å²) >= 11 is 0. The van der Waals surface area contributed by atoms with Crippen molar-refractivity contribution in [1.82, 2.24) is 19.8 Å². The van der Waals surface area contributed by atoms with E-state index in [1.165, 1.54) is 6.20 Å². The summed E-state index contributed by atoms with van der Waals surface area (Å²) in [5.74, 6) is 0.684. The van der Waals surface area contributed by atoms with Crippen molar-refractivity contribution in [1.29, 1.82) is 0 Å². The fraction of sp³-hybridized carbons (Fsp3) is 0.300. The quantitative estimate of drug-likeness (QED) is 0.754. The number of anilines is 1. The number of para-hydroxylation sites is 1. The number of fused-ring (bicyclic) bond motifs is 1. The number of rotatable bonds is 4. The summed E-state index contributed by atoms with van der Waals surface area (Å²) < 4.78 is 7.08. The van der Waals surface area contributed by atoms with E-state index in [-0.39, 0.29) is 11.8 Å². The van der Waals surface area contributed by atoms with Crippen LogP contribution in [0, 0.1) is 0 Å². The second-order valence-corrected chi connectivity index (χ2v) is 7.17. The van der Waals surface area contributed by atoms with E-state index < -0.39 is 0 Å². The van der Waals surface area contributed by atoms with Crippen LogP contribution in [0.5, 0.6) is 0 Å². The van der Waals surface area contributed by atoms with Crippen LogP contribution in [-0.4, -0.2) is 38.2 Å². The minimum absolute atomic E-state index is 0.0779. The summed E-state index contributed by atoms with van der Waals surface area (Å²) in [6.45, 7) is 1.48. The molecule has 3 heterocycles. The third-order valence-electron chi connectivity index (χ3n) is 5.13. The minimum atomic E-state index is -0.263. The van der Waals surface area contributed by atoms with Crippen LogP contribution in [-0.2, 0) is 13.1 Å². The largest absolute Gasteiger partial charge is 0.360 e. The van der Waals surface area contributed by atoms with Crippen molar-refractivity contribution < 1.29 is 14.1 Å². The molecule has 0 atom stereocenters. The molecular weight excluding hydrogens is 358 g/mol. The Bertz CT molecular complexity index is 1040. The van der Waals surface area contributed by atoms with E-state index in [1.807, 2.05) is 30.3 Å². The summed E-state index contributed by atoms with van der Waals surface area (Å²) in [5.41, 5.74) is 2.45. The Labute approximate surface area is 161 Å². The molecule has 2 aromatic heterocycles. The Morgan fingerprint density at radius 3 is 2.75 bits per heavy atom. The predicted octanol–water partition coefficient (Wildman–Crippen LogP) is 2.66. The average molecular weight is 377 g/mol. The smallest absolute Gasteiger partial charge is 0.276 e. The van der Waals surface area contributed by atoms with Gasteiger partial charge in [-0.3, -0.25) is 14.3 Å². The summed E-state index contributed by atoms with van der Waals surface area (Å²) in [4.78, 5) is 27.2. The zero-order valence-corrected chi connectivity index (χ0v) is 15.2. The second kappa shape index (κ2) is 6.63. The highest BCUT2D eigenvalue weighted by Crippen LogP contribution is 2.41. The lowest BCUT2D eigenvalue weighted by Crippen LogP contribution is -2.38. The standard InChI is InChI=1S/C20H19N5O3/c26-19(22-14-4-2-1-3-5-14)17-10-15-12-24(8-9-25(15)23-17)20(27)16-11-21-28-18(16)13-6-7-13/h1-5,10-11,13H,6-9,12H2,(H,22,26). The van der Waals surface area contributed by atoms with Gasteiger partial charge in [0, 0.05) is 18.2 Å². The van der Waals surface area contributed by atoms with Crippen molar-refractivity contribution in [3.63, 3.8) is 0 Å². The van der Waals surface area contributed by atoms with Crippen molar-refractivity contribution >= 4 is 17.5 Å². The lowest BCUT2D eigenvalue weighted by molar-refractivity contribution is 0.0703. The van der Waals surface area contributed by atoms with Crippen LogP contribution >= 0.6 is 0 Å². The van der Waals surface area contributed by atoms with Gasteiger partial charge in [0.2, 0.25) is 0 Å². The van der Waals surface area contributed by atoms with Gasteiger partial charge in [-0.15, -0.1) is 0 Å². The van der Waals surface area contributed by atoms with Crippen molar-refractivity contribution in [2.75, 3.05) is 11.9 Å². The fourth-order valence-corrected chi connectivity index (χ4v) is 3.49. The molecule has 8 nitrogen and oxygen atoms in total. The fourth-order valence-electron chi connectivity index (χ4n) is 3.49. The van der Waals surface area contributed by atoms with Crippen LogP contribution in [0.25, 0.3) is 0 Å². The number of benzene rings is 1. The van der Waals surface area contributed by atoms with E-state index in [4.69, 9.17) is 4.52 Å². The molecule has 1 saturated carbocycles. The topological polar surface area (TPSA) is 93.3 Å². The zero-order chi connectivity index (χ0) is 19.1. The van der Waals surface area contributed by atoms with E-state index in [2.05, 4.69) is 15.6 Å². The third kappa shape index (κ3) is 3.06. The molecule has 0 radical (unpaired) electrons. The van der Waals surface area contributed by atoms with Gasteiger partial charge in [-0.05, 0) is 31.0 Å². The van der Waals surface area contributed by atoms with E-state index in [9.17, 15) is 9.59 Å². The number of carbonyl (C=O) groups excluding carboxylic acids is 2. The Kier molecular flexibility index (Phi) is 3.96. The monoisotopic (exact) mass is 377 g/mol. The molecule has 0 saturated heterocycles. The molecule has 3 aromatic rings. The number of nitrogens with one attached hydrogen (secondary N) is 1. The first-order valence-corrected chi connectivity index (χ1v) is 9.36. The van der Waals surface area contributed by atoms with Crippen LogP contribution in [0.15, 0.2) is 47.1 Å². The number of aromatic nitrogens is 3. The van der Waals surface area contributed by atoms with Crippen molar-refractivity contribution in [2.24, 2.45) is 0 Å². The first-order valence-electron chi connectivity index (χ1n) is 9.36. The molecule has 1 fully saturated rings. The molecule has 1 aromatic carbocycles. The predicted molar refractivity (Wildman–Crippen MR) is 99.8 cm³/mol. The molecule has 2 amide bonds. The maximum atomic E-state index is 12.9. The summed E-state index contributed by atoms with van der Waals surface area (Å²) in [5, 5.41) is 11.0. The summed E-state index contributed by atoms with van der Waals surface area (Å²) in [6.07, 6.45) is 3.60. The maximum absolute atomic E-state index is 12.9. The number of hydrogen-bond donors (Lipinski definition) is 1. The highest BCUT2D eigenvalue weighted by Gasteiger charge is 2.34. The van der Waals surface area contributed by atoms with Gasteiger partial charge >= 0.3 is 0 Å². The van der Waals surface area contributed by atoms with E-state index in [0.29, 0.717) is 42.6 Å². The van der Waals surface area contributed by atoms with Gasteiger partial charge in [0.05, 0.1) is 25.0 Å².